The van der Waals surface area contributed by atoms with E-state index in [1.807, 2.05) is 0 Å². The Morgan fingerprint density at radius 2 is 1.87 bits per heavy atom. The van der Waals surface area contributed by atoms with Gasteiger partial charge in [0.1, 0.15) is 0 Å². The highest BCUT2D eigenvalue weighted by Gasteiger charge is 2.31. The van der Waals surface area contributed by atoms with E-state index < -0.39 is 5.60 Å². The summed E-state index contributed by atoms with van der Waals surface area (Å²) >= 11 is 0. The quantitative estimate of drug-likeness (QED) is 0.748. The fourth-order valence-electron chi connectivity index (χ4n) is 2.84. The van der Waals surface area contributed by atoms with Crippen LogP contribution in [0.15, 0.2) is 0 Å². The second kappa shape index (κ2) is 4.84. The number of hydrogen-bond acceptors (Lipinski definition) is 2. The third-order valence-electron chi connectivity index (χ3n) is 4.39. The van der Waals surface area contributed by atoms with Crippen molar-refractivity contribution in [2.75, 3.05) is 6.54 Å². The molecule has 2 N–H and O–H groups in total. The maximum Gasteiger partial charge on any atom is 0.0771 e. The first-order valence-electron chi connectivity index (χ1n) is 6.65. The first-order valence-corrected chi connectivity index (χ1v) is 6.65. The fourth-order valence-corrected chi connectivity index (χ4v) is 2.84. The Hall–Kier alpha value is -0.0800. The van der Waals surface area contributed by atoms with Crippen LogP contribution in [0.3, 0.4) is 0 Å². The van der Waals surface area contributed by atoms with E-state index in [1.54, 1.807) is 0 Å². The van der Waals surface area contributed by atoms with E-state index in [0.29, 0.717) is 6.04 Å². The molecule has 0 aromatic carbocycles. The predicted molar refractivity (Wildman–Crippen MR) is 62.8 cm³/mol. The maximum atomic E-state index is 10.3. The Balaban J connectivity index is 1.70. The minimum atomic E-state index is -0.393. The van der Waals surface area contributed by atoms with Crippen LogP contribution in [0.5, 0.6) is 0 Å². The van der Waals surface area contributed by atoms with Crippen LogP contribution in [-0.2, 0) is 0 Å². The van der Waals surface area contributed by atoms with E-state index in [2.05, 4.69) is 12.2 Å². The Morgan fingerprint density at radius 1 is 1.20 bits per heavy atom. The van der Waals surface area contributed by atoms with E-state index in [-0.39, 0.29) is 0 Å². The molecule has 2 saturated carbocycles. The number of hydrogen-bond donors (Lipinski definition) is 2. The highest BCUT2D eigenvalue weighted by molar-refractivity contribution is 4.87. The molecule has 1 unspecified atom stereocenters. The van der Waals surface area contributed by atoms with E-state index >= 15 is 0 Å². The molecule has 2 aliphatic rings. The SMILES string of the molecule is CC(NCC1(O)CCCCC1)C1CCC1. The summed E-state index contributed by atoms with van der Waals surface area (Å²) in [6.07, 6.45) is 9.88. The lowest BCUT2D eigenvalue weighted by molar-refractivity contribution is 0.000241. The van der Waals surface area contributed by atoms with E-state index in [0.717, 1.165) is 25.3 Å². The van der Waals surface area contributed by atoms with Crippen LogP contribution in [0.1, 0.15) is 58.3 Å². The molecule has 0 spiro atoms. The lowest BCUT2D eigenvalue weighted by atomic mass is 9.79. The van der Waals surface area contributed by atoms with Gasteiger partial charge >= 0.3 is 0 Å². The van der Waals surface area contributed by atoms with Gasteiger partial charge in [0.15, 0.2) is 0 Å². The topological polar surface area (TPSA) is 32.3 Å². The Bertz CT molecular complexity index is 195. The predicted octanol–water partition coefficient (Wildman–Crippen LogP) is 2.46. The van der Waals surface area contributed by atoms with Crippen molar-refractivity contribution >= 4 is 0 Å². The largest absolute Gasteiger partial charge is 0.389 e. The van der Waals surface area contributed by atoms with E-state index in [1.165, 1.54) is 38.5 Å². The van der Waals surface area contributed by atoms with Gasteiger partial charge in [-0.1, -0.05) is 25.7 Å². The number of nitrogens with one attached hydrogen (secondary N) is 1. The normalized spacial score (nSPS) is 28.4. The van der Waals surface area contributed by atoms with Gasteiger partial charge in [-0.25, -0.2) is 0 Å². The number of aliphatic hydroxyl groups is 1. The summed E-state index contributed by atoms with van der Waals surface area (Å²) in [6, 6.07) is 0.602. The average molecular weight is 211 g/mol. The van der Waals surface area contributed by atoms with Gasteiger partial charge in [0.25, 0.3) is 0 Å². The minimum Gasteiger partial charge on any atom is -0.389 e. The zero-order valence-corrected chi connectivity index (χ0v) is 9.97. The molecule has 2 rings (SSSR count). The van der Waals surface area contributed by atoms with Crippen LogP contribution in [0.4, 0.5) is 0 Å². The van der Waals surface area contributed by atoms with E-state index in [4.69, 9.17) is 0 Å². The fraction of sp³-hybridized carbons (Fsp3) is 1.00. The molecule has 2 heteroatoms. The monoisotopic (exact) mass is 211 g/mol. The van der Waals surface area contributed by atoms with Gasteiger partial charge < -0.3 is 10.4 Å². The van der Waals surface area contributed by atoms with Crippen LogP contribution >= 0.6 is 0 Å². The van der Waals surface area contributed by atoms with Gasteiger partial charge in [-0.2, -0.15) is 0 Å². The molecule has 0 aliphatic heterocycles. The van der Waals surface area contributed by atoms with Crippen LogP contribution < -0.4 is 5.32 Å². The summed E-state index contributed by atoms with van der Waals surface area (Å²) in [5.41, 5.74) is -0.393. The van der Waals surface area contributed by atoms with Crippen molar-refractivity contribution in [1.82, 2.24) is 5.32 Å². The summed E-state index contributed by atoms with van der Waals surface area (Å²) in [5, 5.41) is 13.9. The standard InChI is InChI=1S/C13H25NO/c1-11(12-6-5-7-12)14-10-13(15)8-3-2-4-9-13/h11-12,14-15H,2-10H2,1H3. The van der Waals surface area contributed by atoms with Crippen LogP contribution in [0, 0.1) is 5.92 Å². The molecule has 0 amide bonds. The molecule has 1 atom stereocenters. The molecular weight excluding hydrogens is 186 g/mol. The molecule has 0 radical (unpaired) electrons. The molecule has 2 fully saturated rings. The van der Waals surface area contributed by atoms with Crippen LogP contribution in [0.2, 0.25) is 0 Å². The third kappa shape index (κ3) is 2.94. The smallest absolute Gasteiger partial charge is 0.0771 e. The van der Waals surface area contributed by atoms with Crippen molar-refractivity contribution in [3.8, 4) is 0 Å². The summed E-state index contributed by atoms with van der Waals surface area (Å²) in [4.78, 5) is 0. The zero-order valence-electron chi connectivity index (χ0n) is 9.97. The van der Waals surface area contributed by atoms with Crippen molar-refractivity contribution in [3.05, 3.63) is 0 Å². The molecule has 0 aromatic rings. The molecule has 15 heavy (non-hydrogen) atoms. The van der Waals surface area contributed by atoms with Crippen molar-refractivity contribution in [2.24, 2.45) is 5.92 Å². The first-order chi connectivity index (χ1) is 7.20. The second-order valence-corrected chi connectivity index (χ2v) is 5.65. The zero-order chi connectivity index (χ0) is 10.7. The summed E-state index contributed by atoms with van der Waals surface area (Å²) in [5.74, 6) is 0.872. The van der Waals surface area contributed by atoms with E-state index in [9.17, 15) is 5.11 Å². The highest BCUT2D eigenvalue weighted by Crippen LogP contribution is 2.31. The first kappa shape index (κ1) is 11.4. The molecule has 2 aliphatic carbocycles. The summed E-state index contributed by atoms with van der Waals surface area (Å²) < 4.78 is 0. The van der Waals surface area contributed by atoms with Gasteiger partial charge in [-0.3, -0.25) is 0 Å². The molecule has 0 heterocycles. The van der Waals surface area contributed by atoms with Crippen molar-refractivity contribution in [1.29, 1.82) is 0 Å². The molecule has 2 nitrogen and oxygen atoms in total. The van der Waals surface area contributed by atoms with Gasteiger partial charge in [0.2, 0.25) is 0 Å². The third-order valence-corrected chi connectivity index (χ3v) is 4.39. The Morgan fingerprint density at radius 3 is 2.40 bits per heavy atom. The van der Waals surface area contributed by atoms with Crippen molar-refractivity contribution in [3.63, 3.8) is 0 Å². The van der Waals surface area contributed by atoms with Crippen LogP contribution in [0.25, 0.3) is 0 Å². The molecule has 0 bridgehead atoms. The number of rotatable bonds is 4. The molecule has 0 aromatic heterocycles. The van der Waals surface area contributed by atoms with Gasteiger partial charge in [0.05, 0.1) is 5.60 Å². The van der Waals surface area contributed by atoms with Gasteiger partial charge in [0, 0.05) is 12.6 Å². The van der Waals surface area contributed by atoms with Crippen molar-refractivity contribution in [2.45, 2.75) is 69.9 Å². The molecule has 0 saturated heterocycles. The maximum absolute atomic E-state index is 10.3. The lowest BCUT2D eigenvalue weighted by Gasteiger charge is -2.37. The van der Waals surface area contributed by atoms with Crippen LogP contribution in [-0.4, -0.2) is 23.3 Å². The lowest BCUT2D eigenvalue weighted by Crippen LogP contribution is -2.47. The molecule has 88 valence electrons. The minimum absolute atomic E-state index is 0.393. The average Bonchev–Trinajstić information content (AvgIpc) is 2.14. The Labute approximate surface area is 93.5 Å². The summed E-state index contributed by atoms with van der Waals surface area (Å²) in [7, 11) is 0. The molecular formula is C13H25NO. The highest BCUT2D eigenvalue weighted by atomic mass is 16.3. The van der Waals surface area contributed by atoms with Crippen molar-refractivity contribution < 1.29 is 5.11 Å². The van der Waals surface area contributed by atoms with Gasteiger partial charge in [-0.15, -0.1) is 0 Å². The Kier molecular flexibility index (Phi) is 3.68. The van der Waals surface area contributed by atoms with Gasteiger partial charge in [-0.05, 0) is 38.5 Å². The second-order valence-electron chi connectivity index (χ2n) is 5.65. The summed E-state index contributed by atoms with van der Waals surface area (Å²) in [6.45, 7) is 3.08.